The molecule has 1 N–H and O–H groups in total. The minimum absolute atomic E-state index is 0.0128. The van der Waals surface area contributed by atoms with E-state index >= 15 is 0 Å². The van der Waals surface area contributed by atoms with Gasteiger partial charge in [0.05, 0.1) is 23.9 Å². The smallest absolute Gasteiger partial charge is 0.231 e. The number of hydrogen-bond donors (Lipinski definition) is 1. The van der Waals surface area contributed by atoms with E-state index in [4.69, 9.17) is 4.74 Å². The molecule has 1 aromatic carbocycles. The van der Waals surface area contributed by atoms with Gasteiger partial charge in [0, 0.05) is 24.8 Å². The molecule has 3 heterocycles. The summed E-state index contributed by atoms with van der Waals surface area (Å²) in [6, 6.07) is 11.4. The first-order valence-corrected chi connectivity index (χ1v) is 9.68. The third-order valence-corrected chi connectivity index (χ3v) is 4.89. The molecular weight excluding hydrogens is 368 g/mol. The molecule has 1 saturated heterocycles. The number of hydrogen-bond acceptors (Lipinski definition) is 6. The van der Waals surface area contributed by atoms with Gasteiger partial charge in [-0.25, -0.2) is 14.6 Å². The molecule has 3 aromatic rings. The number of ether oxygens (including phenoxy) is 1. The van der Waals surface area contributed by atoms with Crippen molar-refractivity contribution in [1.29, 1.82) is 0 Å². The first-order valence-electron chi connectivity index (χ1n) is 9.68. The molecule has 1 amide bonds. The second kappa shape index (κ2) is 7.90. The van der Waals surface area contributed by atoms with Gasteiger partial charge in [-0.2, -0.15) is 5.10 Å². The van der Waals surface area contributed by atoms with Gasteiger partial charge in [-0.05, 0) is 39.0 Å². The maximum absolute atomic E-state index is 12.6. The third-order valence-electron chi connectivity index (χ3n) is 4.89. The van der Waals surface area contributed by atoms with Crippen molar-refractivity contribution in [3.8, 4) is 11.6 Å². The van der Waals surface area contributed by atoms with E-state index in [0.29, 0.717) is 31.1 Å². The van der Waals surface area contributed by atoms with E-state index in [0.717, 1.165) is 23.0 Å². The van der Waals surface area contributed by atoms with Crippen molar-refractivity contribution in [3.63, 3.8) is 0 Å². The fourth-order valence-corrected chi connectivity index (χ4v) is 3.40. The van der Waals surface area contributed by atoms with Crippen LogP contribution in [0.5, 0.6) is 5.75 Å². The lowest BCUT2D eigenvalue weighted by atomic mass is 9.99. The van der Waals surface area contributed by atoms with Crippen molar-refractivity contribution in [1.82, 2.24) is 19.7 Å². The summed E-state index contributed by atoms with van der Waals surface area (Å²) in [7, 11) is 0. The van der Waals surface area contributed by atoms with E-state index in [2.05, 4.69) is 25.3 Å². The molecule has 4 rings (SSSR count). The summed E-state index contributed by atoms with van der Waals surface area (Å²) in [4.78, 5) is 23.4. The monoisotopic (exact) mass is 392 g/mol. The van der Waals surface area contributed by atoms with E-state index in [1.807, 2.05) is 57.2 Å². The first-order chi connectivity index (χ1) is 14.0. The van der Waals surface area contributed by atoms with Gasteiger partial charge in [0.1, 0.15) is 17.9 Å². The Kier molecular flexibility index (Phi) is 5.16. The quantitative estimate of drug-likeness (QED) is 0.694. The molecule has 8 nitrogen and oxygen atoms in total. The van der Waals surface area contributed by atoms with Crippen LogP contribution in [0.4, 0.5) is 11.5 Å². The van der Waals surface area contributed by atoms with Crippen molar-refractivity contribution in [3.05, 3.63) is 54.1 Å². The van der Waals surface area contributed by atoms with Crippen LogP contribution in [-0.2, 0) is 4.79 Å². The van der Waals surface area contributed by atoms with Crippen LogP contribution < -0.4 is 15.0 Å². The lowest BCUT2D eigenvalue weighted by Gasteiger charge is -2.39. The SMILES string of the molecule is CCOc1ccccc1NC(=O)C1CN(c2cc(-n3nc(C)cc3C)ncn2)C1. The molecule has 1 aliphatic rings. The molecule has 0 radical (unpaired) electrons. The van der Waals surface area contributed by atoms with Crippen LogP contribution in [0.3, 0.4) is 0 Å². The lowest BCUT2D eigenvalue weighted by molar-refractivity contribution is -0.120. The zero-order valence-corrected chi connectivity index (χ0v) is 16.8. The maximum atomic E-state index is 12.6. The van der Waals surface area contributed by atoms with Gasteiger partial charge < -0.3 is 15.0 Å². The number of anilines is 2. The van der Waals surface area contributed by atoms with Gasteiger partial charge in [0.2, 0.25) is 5.91 Å². The van der Waals surface area contributed by atoms with Crippen molar-refractivity contribution >= 4 is 17.4 Å². The Hall–Kier alpha value is -3.42. The number of para-hydroxylation sites is 2. The zero-order valence-electron chi connectivity index (χ0n) is 16.8. The predicted octanol–water partition coefficient (Wildman–Crippen LogP) is 2.75. The highest BCUT2D eigenvalue weighted by Crippen LogP contribution is 2.28. The summed E-state index contributed by atoms with van der Waals surface area (Å²) < 4.78 is 7.38. The molecule has 0 unspecified atom stereocenters. The number of carbonyl (C=O) groups excluding carboxylic acids is 1. The molecule has 150 valence electrons. The Bertz CT molecular complexity index is 1030. The normalized spacial score (nSPS) is 13.8. The van der Waals surface area contributed by atoms with Crippen LogP contribution in [0.15, 0.2) is 42.7 Å². The summed E-state index contributed by atoms with van der Waals surface area (Å²) in [6.07, 6.45) is 1.53. The van der Waals surface area contributed by atoms with Crippen LogP contribution >= 0.6 is 0 Å². The van der Waals surface area contributed by atoms with Crippen molar-refractivity contribution < 1.29 is 9.53 Å². The zero-order chi connectivity index (χ0) is 20.4. The Balaban J connectivity index is 1.41. The van der Waals surface area contributed by atoms with Crippen molar-refractivity contribution in [2.75, 3.05) is 29.9 Å². The lowest BCUT2D eigenvalue weighted by Crippen LogP contribution is -2.52. The highest BCUT2D eigenvalue weighted by atomic mass is 16.5. The first kappa shape index (κ1) is 18.9. The van der Waals surface area contributed by atoms with Crippen LogP contribution in [0.25, 0.3) is 5.82 Å². The predicted molar refractivity (Wildman–Crippen MR) is 111 cm³/mol. The fraction of sp³-hybridized carbons (Fsp3) is 0.333. The molecule has 2 aromatic heterocycles. The number of aromatic nitrogens is 4. The number of carbonyl (C=O) groups is 1. The molecular formula is C21H24N6O2. The molecule has 1 fully saturated rings. The second-order valence-corrected chi connectivity index (χ2v) is 7.09. The van der Waals surface area contributed by atoms with Gasteiger partial charge in [-0.1, -0.05) is 12.1 Å². The van der Waals surface area contributed by atoms with Gasteiger partial charge in [-0.15, -0.1) is 0 Å². The van der Waals surface area contributed by atoms with Crippen molar-refractivity contribution in [2.45, 2.75) is 20.8 Å². The fourth-order valence-electron chi connectivity index (χ4n) is 3.40. The van der Waals surface area contributed by atoms with Gasteiger partial charge >= 0.3 is 0 Å². The van der Waals surface area contributed by atoms with E-state index in [1.165, 1.54) is 6.33 Å². The molecule has 29 heavy (non-hydrogen) atoms. The number of nitrogens with zero attached hydrogens (tertiary/aromatic N) is 5. The molecule has 0 spiro atoms. The highest BCUT2D eigenvalue weighted by molar-refractivity contribution is 5.95. The van der Waals surface area contributed by atoms with Crippen LogP contribution in [0, 0.1) is 19.8 Å². The van der Waals surface area contributed by atoms with Gasteiger partial charge in [0.15, 0.2) is 5.82 Å². The molecule has 8 heteroatoms. The number of rotatable bonds is 6. The molecule has 1 aliphatic heterocycles. The summed E-state index contributed by atoms with van der Waals surface area (Å²) >= 11 is 0. The van der Waals surface area contributed by atoms with E-state index in [1.54, 1.807) is 4.68 Å². The molecule has 0 bridgehead atoms. The van der Waals surface area contributed by atoms with Crippen molar-refractivity contribution in [2.24, 2.45) is 5.92 Å². The average Bonchev–Trinajstić information content (AvgIpc) is 3.01. The number of nitrogens with one attached hydrogen (secondary N) is 1. The van der Waals surface area contributed by atoms with Crippen LogP contribution in [0.1, 0.15) is 18.3 Å². The highest BCUT2D eigenvalue weighted by Gasteiger charge is 2.34. The second-order valence-electron chi connectivity index (χ2n) is 7.09. The standard InChI is InChI=1S/C21H24N6O2/c1-4-29-18-8-6-5-7-17(18)24-21(28)16-11-26(12-16)19-10-20(23-13-22-19)27-15(3)9-14(2)25-27/h5-10,13,16H,4,11-12H2,1-3H3,(H,24,28). The summed E-state index contributed by atoms with van der Waals surface area (Å²) in [5, 5.41) is 7.45. The molecule has 0 aliphatic carbocycles. The van der Waals surface area contributed by atoms with Crippen LogP contribution in [-0.4, -0.2) is 45.4 Å². The Morgan fingerprint density at radius 2 is 1.93 bits per heavy atom. The minimum atomic E-state index is -0.100. The van der Waals surface area contributed by atoms with E-state index < -0.39 is 0 Å². The number of benzene rings is 1. The average molecular weight is 392 g/mol. The Morgan fingerprint density at radius 3 is 2.66 bits per heavy atom. The topological polar surface area (TPSA) is 85.2 Å². The third kappa shape index (κ3) is 3.91. The van der Waals surface area contributed by atoms with E-state index in [9.17, 15) is 4.79 Å². The summed E-state index contributed by atoms with van der Waals surface area (Å²) in [6.45, 7) is 7.63. The Morgan fingerprint density at radius 1 is 1.17 bits per heavy atom. The largest absolute Gasteiger partial charge is 0.492 e. The van der Waals surface area contributed by atoms with Gasteiger partial charge in [0.25, 0.3) is 0 Å². The summed E-state index contributed by atoms with van der Waals surface area (Å²) in [5.74, 6) is 2.09. The number of aryl methyl sites for hydroxylation is 2. The summed E-state index contributed by atoms with van der Waals surface area (Å²) in [5.41, 5.74) is 2.66. The molecule has 0 atom stereocenters. The minimum Gasteiger partial charge on any atom is -0.492 e. The maximum Gasteiger partial charge on any atom is 0.231 e. The molecule has 0 saturated carbocycles. The van der Waals surface area contributed by atoms with Crippen LogP contribution in [0.2, 0.25) is 0 Å². The van der Waals surface area contributed by atoms with Gasteiger partial charge in [-0.3, -0.25) is 4.79 Å². The van der Waals surface area contributed by atoms with E-state index in [-0.39, 0.29) is 11.8 Å². The number of amides is 1. The Labute approximate surface area is 169 Å².